The second kappa shape index (κ2) is 9.70. The van der Waals surface area contributed by atoms with Gasteiger partial charge >= 0.3 is 6.03 Å². The maximum atomic E-state index is 13.0. The summed E-state index contributed by atoms with van der Waals surface area (Å²) in [6.45, 7) is 9.03. The minimum atomic E-state index is -0.0871. The molecule has 5 heteroatoms. The largest absolute Gasteiger partial charge is 0.322 e. The standard InChI is InChI=1S/C24H29N3OS/c1-5-18(4)20-9-11-22(12-10-20)26-24(28)27(17(2)3)16-19-7-6-8-21(15-19)23-25-13-14-29-23/h6-15,17-18H,5,16H2,1-4H3,(H,26,28). The maximum absolute atomic E-state index is 13.0. The Balaban J connectivity index is 1.71. The molecule has 1 heterocycles. The number of nitrogens with one attached hydrogen (secondary N) is 1. The third-order valence-corrected chi connectivity index (χ3v) is 6.01. The second-order valence-electron chi connectivity index (χ2n) is 7.62. The van der Waals surface area contributed by atoms with Crippen molar-refractivity contribution in [3.63, 3.8) is 0 Å². The predicted molar refractivity (Wildman–Crippen MR) is 122 cm³/mol. The number of urea groups is 1. The highest BCUT2D eigenvalue weighted by Gasteiger charge is 2.18. The van der Waals surface area contributed by atoms with Crippen LogP contribution < -0.4 is 5.32 Å². The molecule has 2 aromatic carbocycles. The SMILES string of the molecule is CCC(C)c1ccc(NC(=O)N(Cc2cccc(-c3nccs3)c2)C(C)C)cc1. The van der Waals surface area contributed by atoms with Crippen LogP contribution in [0.3, 0.4) is 0 Å². The Bertz CT molecular complexity index is 920. The Morgan fingerprint density at radius 1 is 1.14 bits per heavy atom. The van der Waals surface area contributed by atoms with E-state index in [0.717, 1.165) is 28.2 Å². The summed E-state index contributed by atoms with van der Waals surface area (Å²) >= 11 is 1.62. The zero-order valence-corrected chi connectivity index (χ0v) is 18.4. The number of benzene rings is 2. The molecule has 0 bridgehead atoms. The summed E-state index contributed by atoms with van der Waals surface area (Å²) in [5, 5.41) is 6.02. The molecule has 3 rings (SSSR count). The molecule has 29 heavy (non-hydrogen) atoms. The Kier molecular flexibility index (Phi) is 7.04. The zero-order chi connectivity index (χ0) is 20.8. The van der Waals surface area contributed by atoms with Crippen molar-refractivity contribution in [2.75, 3.05) is 5.32 Å². The van der Waals surface area contributed by atoms with Crippen LogP contribution in [0.25, 0.3) is 10.6 Å². The smallest absolute Gasteiger partial charge is 0.318 e. The maximum Gasteiger partial charge on any atom is 0.322 e. The highest BCUT2D eigenvalue weighted by Crippen LogP contribution is 2.24. The van der Waals surface area contributed by atoms with Crippen molar-refractivity contribution in [1.82, 2.24) is 9.88 Å². The van der Waals surface area contributed by atoms with Gasteiger partial charge in [0.15, 0.2) is 0 Å². The average Bonchev–Trinajstić information content (AvgIpc) is 3.27. The van der Waals surface area contributed by atoms with Gasteiger partial charge in [0.25, 0.3) is 0 Å². The van der Waals surface area contributed by atoms with Crippen molar-refractivity contribution in [2.24, 2.45) is 0 Å². The van der Waals surface area contributed by atoms with E-state index >= 15 is 0 Å². The number of rotatable bonds is 7. The first-order valence-electron chi connectivity index (χ1n) is 10.1. The Morgan fingerprint density at radius 2 is 1.90 bits per heavy atom. The average molecular weight is 408 g/mol. The molecule has 0 spiro atoms. The van der Waals surface area contributed by atoms with Gasteiger partial charge in [-0.25, -0.2) is 9.78 Å². The fourth-order valence-corrected chi connectivity index (χ4v) is 3.82. The third-order valence-electron chi connectivity index (χ3n) is 5.19. The molecule has 0 fully saturated rings. The number of carbonyl (C=O) groups is 1. The van der Waals surface area contributed by atoms with Gasteiger partial charge in [-0.2, -0.15) is 0 Å². The van der Waals surface area contributed by atoms with Gasteiger partial charge in [0.1, 0.15) is 5.01 Å². The second-order valence-corrected chi connectivity index (χ2v) is 8.52. The Labute approximate surface area is 177 Å². The van der Waals surface area contributed by atoms with E-state index in [-0.39, 0.29) is 12.1 Å². The first-order chi connectivity index (χ1) is 14.0. The molecule has 0 aliphatic carbocycles. The van der Waals surface area contributed by atoms with Gasteiger partial charge in [0.2, 0.25) is 0 Å². The Morgan fingerprint density at radius 3 is 2.52 bits per heavy atom. The van der Waals surface area contributed by atoms with Crippen molar-refractivity contribution < 1.29 is 4.79 Å². The molecule has 0 aliphatic rings. The molecule has 0 saturated carbocycles. The van der Waals surface area contributed by atoms with Crippen LogP contribution in [0, 0.1) is 0 Å². The van der Waals surface area contributed by atoms with Gasteiger partial charge in [-0.3, -0.25) is 0 Å². The van der Waals surface area contributed by atoms with E-state index < -0.39 is 0 Å². The molecule has 152 valence electrons. The predicted octanol–water partition coefficient (Wildman–Crippen LogP) is 6.77. The molecule has 1 aromatic heterocycles. The van der Waals surface area contributed by atoms with Crippen molar-refractivity contribution in [1.29, 1.82) is 0 Å². The molecule has 1 unspecified atom stereocenters. The highest BCUT2D eigenvalue weighted by molar-refractivity contribution is 7.13. The van der Waals surface area contributed by atoms with Gasteiger partial charge in [0, 0.05) is 35.4 Å². The van der Waals surface area contributed by atoms with Crippen LogP contribution in [0.5, 0.6) is 0 Å². The van der Waals surface area contributed by atoms with Gasteiger partial charge in [0.05, 0.1) is 0 Å². The van der Waals surface area contributed by atoms with Crippen molar-refractivity contribution in [3.05, 3.63) is 71.2 Å². The van der Waals surface area contributed by atoms with E-state index in [0.29, 0.717) is 12.5 Å². The van der Waals surface area contributed by atoms with Gasteiger partial charge in [-0.1, -0.05) is 44.2 Å². The quantitative estimate of drug-likeness (QED) is 0.470. The number of hydrogen-bond acceptors (Lipinski definition) is 3. The van der Waals surface area contributed by atoms with E-state index in [1.807, 2.05) is 48.5 Å². The van der Waals surface area contributed by atoms with E-state index in [4.69, 9.17) is 0 Å². The molecular formula is C24H29N3OS. The van der Waals surface area contributed by atoms with Crippen molar-refractivity contribution >= 4 is 23.1 Å². The van der Waals surface area contributed by atoms with Crippen LogP contribution in [0.4, 0.5) is 10.5 Å². The monoisotopic (exact) mass is 407 g/mol. The van der Waals surface area contributed by atoms with Crippen LogP contribution in [-0.4, -0.2) is 22.0 Å². The molecule has 0 saturated heterocycles. The summed E-state index contributed by atoms with van der Waals surface area (Å²) in [4.78, 5) is 19.2. The van der Waals surface area contributed by atoms with Crippen LogP contribution >= 0.6 is 11.3 Å². The molecule has 3 aromatic rings. The molecule has 0 radical (unpaired) electrons. The lowest BCUT2D eigenvalue weighted by atomic mass is 9.99. The molecule has 4 nitrogen and oxygen atoms in total. The van der Waals surface area contributed by atoms with Gasteiger partial charge in [-0.05, 0) is 55.5 Å². The van der Waals surface area contributed by atoms with E-state index in [1.165, 1.54) is 5.56 Å². The topological polar surface area (TPSA) is 45.2 Å². The molecular weight excluding hydrogens is 378 g/mol. The van der Waals surface area contributed by atoms with Gasteiger partial charge in [-0.15, -0.1) is 11.3 Å². The van der Waals surface area contributed by atoms with E-state index in [2.05, 4.69) is 54.5 Å². The number of carbonyl (C=O) groups excluding carboxylic acids is 1. The van der Waals surface area contributed by atoms with Crippen LogP contribution in [-0.2, 0) is 6.54 Å². The van der Waals surface area contributed by atoms with E-state index in [1.54, 1.807) is 11.3 Å². The lowest BCUT2D eigenvalue weighted by molar-refractivity contribution is 0.193. The fraction of sp³-hybridized carbons (Fsp3) is 0.333. The normalized spacial score (nSPS) is 12.0. The molecule has 0 aliphatic heterocycles. The van der Waals surface area contributed by atoms with Crippen LogP contribution in [0.15, 0.2) is 60.1 Å². The molecule has 2 amide bonds. The zero-order valence-electron chi connectivity index (χ0n) is 17.6. The highest BCUT2D eigenvalue weighted by atomic mass is 32.1. The summed E-state index contributed by atoms with van der Waals surface area (Å²) in [6, 6.07) is 16.4. The van der Waals surface area contributed by atoms with E-state index in [9.17, 15) is 4.79 Å². The first kappa shape index (κ1) is 21.1. The lowest BCUT2D eigenvalue weighted by Gasteiger charge is -2.27. The van der Waals surface area contributed by atoms with Gasteiger partial charge < -0.3 is 10.2 Å². The summed E-state index contributed by atoms with van der Waals surface area (Å²) in [6.07, 6.45) is 2.92. The van der Waals surface area contributed by atoms with Crippen LogP contribution in [0.1, 0.15) is 51.2 Å². The first-order valence-corrected chi connectivity index (χ1v) is 11.0. The third kappa shape index (κ3) is 5.45. The molecule has 1 atom stereocenters. The summed E-state index contributed by atoms with van der Waals surface area (Å²) in [5.74, 6) is 0.525. The summed E-state index contributed by atoms with van der Waals surface area (Å²) < 4.78 is 0. The number of anilines is 1. The summed E-state index contributed by atoms with van der Waals surface area (Å²) in [7, 11) is 0. The number of thiazole rings is 1. The fourth-order valence-electron chi connectivity index (χ4n) is 3.18. The summed E-state index contributed by atoms with van der Waals surface area (Å²) in [5.41, 5.74) is 4.30. The number of aromatic nitrogens is 1. The molecule has 1 N–H and O–H groups in total. The number of nitrogens with zero attached hydrogens (tertiary/aromatic N) is 2. The number of hydrogen-bond donors (Lipinski definition) is 1. The van der Waals surface area contributed by atoms with Crippen LogP contribution in [0.2, 0.25) is 0 Å². The Hall–Kier alpha value is -2.66. The minimum Gasteiger partial charge on any atom is -0.318 e. The van der Waals surface area contributed by atoms with Crippen molar-refractivity contribution in [3.8, 4) is 10.6 Å². The minimum absolute atomic E-state index is 0.0814. The van der Waals surface area contributed by atoms with Crippen molar-refractivity contribution in [2.45, 2.75) is 52.6 Å². The number of amides is 2. The lowest BCUT2D eigenvalue weighted by Crippen LogP contribution is -2.39.